The van der Waals surface area contributed by atoms with Crippen LogP contribution >= 0.6 is 0 Å². The van der Waals surface area contributed by atoms with Crippen molar-refractivity contribution in [1.82, 2.24) is 34.2 Å². The molecule has 3 atom stereocenters. The summed E-state index contributed by atoms with van der Waals surface area (Å²) in [5.41, 5.74) is 4.03. The highest BCUT2D eigenvalue weighted by molar-refractivity contribution is 6.13. The predicted molar refractivity (Wildman–Crippen MR) is 162 cm³/mol. The molecule has 4 aromatic heterocycles. The van der Waals surface area contributed by atoms with Gasteiger partial charge in [0.05, 0.1) is 17.4 Å². The highest BCUT2D eigenvalue weighted by Gasteiger charge is 2.46. The van der Waals surface area contributed by atoms with Crippen molar-refractivity contribution >= 4 is 40.8 Å². The third kappa shape index (κ3) is 5.22. The fraction of sp³-hybridized carbons (Fsp3) is 0.419. The molecule has 3 aliphatic rings. The summed E-state index contributed by atoms with van der Waals surface area (Å²) in [4.78, 5) is 63.7. The molecule has 2 aliphatic carbocycles. The number of imidazole rings is 1. The molecule has 13 heteroatoms. The Morgan fingerprint density at radius 1 is 1.07 bits per heavy atom. The zero-order chi connectivity index (χ0) is 30.7. The van der Waals surface area contributed by atoms with Crippen LogP contribution < -0.4 is 15.5 Å². The van der Waals surface area contributed by atoms with E-state index in [4.69, 9.17) is 4.98 Å². The van der Waals surface area contributed by atoms with Crippen LogP contribution in [-0.4, -0.2) is 65.7 Å². The van der Waals surface area contributed by atoms with Gasteiger partial charge in [-0.15, -0.1) is 0 Å². The Hall–Kier alpha value is -4.94. The Kier molecular flexibility index (Phi) is 6.74. The van der Waals surface area contributed by atoms with Crippen molar-refractivity contribution in [3.05, 3.63) is 65.4 Å². The van der Waals surface area contributed by atoms with Crippen molar-refractivity contribution < 1.29 is 14.4 Å². The van der Waals surface area contributed by atoms with E-state index in [-0.39, 0.29) is 42.3 Å². The Morgan fingerprint density at radius 2 is 1.86 bits per heavy atom. The lowest BCUT2D eigenvalue weighted by Crippen LogP contribution is -2.30. The molecular formula is C31H34N10O3. The first-order valence-corrected chi connectivity index (χ1v) is 15.0. The average molecular weight is 595 g/mol. The topological polar surface area (TPSA) is 151 Å². The van der Waals surface area contributed by atoms with Crippen molar-refractivity contribution in [2.24, 2.45) is 5.92 Å². The highest BCUT2D eigenvalue weighted by atomic mass is 16.2. The molecule has 0 aromatic carbocycles. The number of aromatic nitrogens is 6. The third-order valence-electron chi connectivity index (χ3n) is 8.55. The van der Waals surface area contributed by atoms with Gasteiger partial charge in [0.2, 0.25) is 11.8 Å². The normalized spacial score (nSPS) is 20.4. The molecule has 44 heavy (non-hydrogen) atoms. The van der Waals surface area contributed by atoms with Crippen LogP contribution in [0.3, 0.4) is 0 Å². The zero-order valence-corrected chi connectivity index (χ0v) is 25.1. The van der Waals surface area contributed by atoms with E-state index in [1.807, 2.05) is 36.6 Å². The number of hydrogen-bond donors (Lipinski definition) is 2. The minimum Gasteiger partial charge on any atom is -0.361 e. The number of urea groups is 1. The first kappa shape index (κ1) is 27.9. The van der Waals surface area contributed by atoms with Crippen LogP contribution in [0.15, 0.2) is 36.8 Å². The van der Waals surface area contributed by atoms with Gasteiger partial charge in [-0.3, -0.25) is 19.4 Å². The Bertz CT molecular complexity index is 1820. The minimum absolute atomic E-state index is 0.00884. The van der Waals surface area contributed by atoms with Gasteiger partial charge in [-0.05, 0) is 63.1 Å². The highest BCUT2D eigenvalue weighted by Crippen LogP contribution is 2.46. The number of hydrogen-bond acceptors (Lipinski definition) is 9. The summed E-state index contributed by atoms with van der Waals surface area (Å²) in [7, 11) is 1.50. The van der Waals surface area contributed by atoms with Gasteiger partial charge in [0.25, 0.3) is 0 Å². The number of rotatable bonds is 9. The van der Waals surface area contributed by atoms with E-state index in [9.17, 15) is 14.4 Å². The second-order valence-corrected chi connectivity index (χ2v) is 11.9. The second kappa shape index (κ2) is 10.6. The molecule has 5 heterocycles. The molecule has 2 unspecified atom stereocenters. The van der Waals surface area contributed by atoms with Gasteiger partial charge in [0.15, 0.2) is 5.65 Å². The van der Waals surface area contributed by atoms with Crippen LogP contribution in [0.25, 0.3) is 5.65 Å². The van der Waals surface area contributed by atoms with Gasteiger partial charge in [-0.25, -0.2) is 29.7 Å². The average Bonchev–Trinajstić information content (AvgIpc) is 3.92. The first-order chi connectivity index (χ1) is 21.2. The van der Waals surface area contributed by atoms with Crippen LogP contribution in [0.2, 0.25) is 0 Å². The van der Waals surface area contributed by atoms with Crippen LogP contribution in [-0.2, 0) is 9.59 Å². The summed E-state index contributed by atoms with van der Waals surface area (Å²) in [6.45, 7) is 5.74. The quantitative estimate of drug-likeness (QED) is 0.273. The summed E-state index contributed by atoms with van der Waals surface area (Å²) in [5.74, 6) is 2.10. The van der Waals surface area contributed by atoms with Crippen molar-refractivity contribution in [2.75, 3.05) is 29.1 Å². The second-order valence-electron chi connectivity index (χ2n) is 11.9. The fourth-order valence-electron chi connectivity index (χ4n) is 5.82. The lowest BCUT2D eigenvalue weighted by molar-refractivity contribution is -0.124. The number of carbonyl (C=O) groups excluding carboxylic acids is 3. The third-order valence-corrected chi connectivity index (χ3v) is 8.55. The molecule has 4 amide bonds. The van der Waals surface area contributed by atoms with Crippen LogP contribution in [0.5, 0.6) is 0 Å². The number of amides is 4. The van der Waals surface area contributed by atoms with E-state index in [0.717, 1.165) is 34.7 Å². The van der Waals surface area contributed by atoms with Gasteiger partial charge in [0, 0.05) is 49.2 Å². The van der Waals surface area contributed by atoms with Crippen LogP contribution in [0.4, 0.5) is 22.1 Å². The molecule has 2 saturated carbocycles. The Labute approximate surface area is 254 Å². The molecule has 0 spiro atoms. The van der Waals surface area contributed by atoms with E-state index >= 15 is 0 Å². The number of pyridine rings is 1. The molecule has 1 aliphatic heterocycles. The predicted octanol–water partition coefficient (Wildman–Crippen LogP) is 4.11. The molecule has 2 N–H and O–H groups in total. The molecule has 226 valence electrons. The van der Waals surface area contributed by atoms with E-state index in [2.05, 4.69) is 36.8 Å². The summed E-state index contributed by atoms with van der Waals surface area (Å²) >= 11 is 0. The number of fused-ring (bicyclic) bond motifs is 1. The molecule has 4 aromatic rings. The summed E-state index contributed by atoms with van der Waals surface area (Å²) < 4.78 is 1.96. The largest absolute Gasteiger partial charge is 0.361 e. The number of imide groups is 1. The van der Waals surface area contributed by atoms with E-state index in [1.165, 1.54) is 11.9 Å². The van der Waals surface area contributed by atoms with Crippen molar-refractivity contribution in [1.29, 1.82) is 0 Å². The maximum atomic E-state index is 13.0. The lowest BCUT2D eigenvalue weighted by atomic mass is 10.1. The van der Waals surface area contributed by atoms with Gasteiger partial charge in [-0.2, -0.15) is 0 Å². The summed E-state index contributed by atoms with van der Waals surface area (Å²) in [6.07, 6.45) is 9.37. The molecular weight excluding hydrogens is 560 g/mol. The molecule has 0 bridgehead atoms. The van der Waals surface area contributed by atoms with E-state index in [1.54, 1.807) is 19.2 Å². The fourth-order valence-corrected chi connectivity index (χ4v) is 5.82. The maximum Gasteiger partial charge on any atom is 0.331 e. The number of aryl methyl sites for hydroxylation is 2. The summed E-state index contributed by atoms with van der Waals surface area (Å²) in [6, 6.07) is 5.00. The number of likely N-dealkylation sites (N-methyl/N-ethyl adjacent to an activating group) is 1. The molecule has 3 fully saturated rings. The van der Waals surface area contributed by atoms with Gasteiger partial charge in [-0.1, -0.05) is 6.92 Å². The van der Waals surface area contributed by atoms with Crippen molar-refractivity contribution in [3.8, 4) is 0 Å². The zero-order valence-electron chi connectivity index (χ0n) is 25.1. The molecule has 13 nitrogen and oxygen atoms in total. The number of carbonyl (C=O) groups is 3. The van der Waals surface area contributed by atoms with E-state index < -0.39 is 0 Å². The smallest absolute Gasteiger partial charge is 0.331 e. The van der Waals surface area contributed by atoms with Gasteiger partial charge >= 0.3 is 6.03 Å². The van der Waals surface area contributed by atoms with E-state index in [0.29, 0.717) is 53.4 Å². The number of nitrogens with zero attached hydrogens (tertiary/aromatic N) is 8. The van der Waals surface area contributed by atoms with Gasteiger partial charge in [0.1, 0.15) is 29.8 Å². The van der Waals surface area contributed by atoms with Gasteiger partial charge < -0.3 is 15.0 Å². The summed E-state index contributed by atoms with van der Waals surface area (Å²) in [5, 5.41) is 6.42. The molecule has 0 radical (unpaired) electrons. The Balaban J connectivity index is 1.12. The first-order valence-electron chi connectivity index (χ1n) is 15.0. The molecule has 7 rings (SSSR count). The van der Waals surface area contributed by atoms with Crippen molar-refractivity contribution in [2.45, 2.75) is 64.3 Å². The number of anilines is 3. The monoisotopic (exact) mass is 594 g/mol. The van der Waals surface area contributed by atoms with Crippen LogP contribution in [0, 0.1) is 19.8 Å². The number of nitrogens with one attached hydrogen (secondary N) is 2. The van der Waals surface area contributed by atoms with Crippen LogP contribution in [0.1, 0.15) is 79.1 Å². The van der Waals surface area contributed by atoms with Crippen molar-refractivity contribution in [3.63, 3.8) is 0 Å². The molecule has 1 saturated heterocycles. The Morgan fingerprint density at radius 3 is 2.57 bits per heavy atom. The SMILES string of the molecule is CC[C@@H](Nc1cc(NC(=O)C2CC2c2nccc(C)n2)nc(C)n1)c1cn2cc(C3CC3)cc(N3CC(=O)N(C)C3=O)c2n1. The lowest BCUT2D eigenvalue weighted by Gasteiger charge is -2.17. The minimum atomic E-state index is -0.352. The maximum absolute atomic E-state index is 13.0. The standard InChI is InChI=1S/C31H34N10O3/c1-5-22(23-14-40-13-19(18-6-7-18)10-24(29(40)37-23)41-15-27(42)39(4)31(41)44)36-25-12-26(35-17(3)34-25)38-30(43)21-11-20(21)28-32-9-8-16(2)33-28/h8-10,12-14,18,20-22H,5-7,11,15H2,1-4H3,(H2,34,35,36,38,43)/t20?,21?,22-/m1/s1.